The van der Waals surface area contributed by atoms with Crippen LogP contribution in [0.25, 0.3) is 0 Å². The van der Waals surface area contributed by atoms with Gasteiger partial charge in [-0.1, -0.05) is 0 Å². The van der Waals surface area contributed by atoms with E-state index >= 15 is 0 Å². The number of rotatable bonds is 2. The van der Waals surface area contributed by atoms with Crippen molar-refractivity contribution in [3.05, 3.63) is 47.7 Å². The average Bonchev–Trinajstić information content (AvgIpc) is 2.58. The molecule has 0 aliphatic carbocycles. The van der Waals surface area contributed by atoms with Gasteiger partial charge in [0.25, 0.3) is 0 Å². The maximum absolute atomic E-state index is 13.2. The molecule has 0 unspecified atom stereocenters. The molecule has 0 saturated carbocycles. The van der Waals surface area contributed by atoms with Gasteiger partial charge in [0.05, 0.1) is 6.54 Å². The summed E-state index contributed by atoms with van der Waals surface area (Å²) in [4.78, 5) is 0. The topological polar surface area (TPSA) is 43.8 Å². The lowest BCUT2D eigenvalue weighted by molar-refractivity contribution is 0.567. The Bertz CT molecular complexity index is 479. The Labute approximate surface area is 85.1 Å². The van der Waals surface area contributed by atoms with Crippen LogP contribution in [0, 0.1) is 11.6 Å². The predicted molar refractivity (Wildman–Crippen MR) is 52.1 cm³/mol. The molecule has 0 radical (unpaired) electrons. The fourth-order valence-electron chi connectivity index (χ4n) is 1.30. The molecule has 1 heterocycles. The number of benzene rings is 1. The van der Waals surface area contributed by atoms with Crippen LogP contribution in [0.4, 0.5) is 14.6 Å². The van der Waals surface area contributed by atoms with Crippen LogP contribution in [0.15, 0.2) is 30.5 Å². The van der Waals surface area contributed by atoms with E-state index in [0.717, 1.165) is 18.2 Å². The maximum atomic E-state index is 13.2. The molecule has 0 atom stereocenters. The second kappa shape index (κ2) is 3.68. The highest BCUT2D eigenvalue weighted by molar-refractivity contribution is 5.25. The molecule has 1 aromatic heterocycles. The summed E-state index contributed by atoms with van der Waals surface area (Å²) in [6.45, 7) is 0.167. The Hall–Kier alpha value is -1.91. The van der Waals surface area contributed by atoms with E-state index in [9.17, 15) is 8.78 Å². The standard InChI is InChI=1S/C10H9F2N3/c11-8-1-2-9(12)7(5-8)6-15-4-3-10(13)14-15/h1-5H,6H2,(H2,13,14). The lowest BCUT2D eigenvalue weighted by atomic mass is 10.2. The van der Waals surface area contributed by atoms with Crippen molar-refractivity contribution in [2.45, 2.75) is 6.54 Å². The number of anilines is 1. The molecule has 0 fully saturated rings. The first kappa shape index (κ1) is 9.64. The summed E-state index contributed by atoms with van der Waals surface area (Å²) in [5.41, 5.74) is 5.65. The molecule has 0 spiro atoms. The van der Waals surface area contributed by atoms with Crippen LogP contribution in [-0.2, 0) is 6.54 Å². The summed E-state index contributed by atoms with van der Waals surface area (Å²) in [5.74, 6) is -0.566. The molecular weight excluding hydrogens is 200 g/mol. The maximum Gasteiger partial charge on any atom is 0.145 e. The molecule has 2 N–H and O–H groups in total. The number of hydrogen-bond donors (Lipinski definition) is 1. The Balaban J connectivity index is 2.27. The minimum atomic E-state index is -0.466. The lowest BCUT2D eigenvalue weighted by Crippen LogP contribution is -2.03. The van der Waals surface area contributed by atoms with Crippen molar-refractivity contribution in [1.29, 1.82) is 0 Å². The van der Waals surface area contributed by atoms with E-state index in [1.807, 2.05) is 0 Å². The van der Waals surface area contributed by atoms with Crippen molar-refractivity contribution in [3.8, 4) is 0 Å². The average molecular weight is 209 g/mol. The van der Waals surface area contributed by atoms with Crippen molar-refractivity contribution >= 4 is 5.82 Å². The SMILES string of the molecule is Nc1ccn(Cc2cc(F)ccc2F)n1. The summed E-state index contributed by atoms with van der Waals surface area (Å²) >= 11 is 0. The number of aromatic nitrogens is 2. The van der Waals surface area contributed by atoms with Crippen LogP contribution in [0.3, 0.4) is 0 Å². The number of nitrogen functional groups attached to an aromatic ring is 1. The zero-order chi connectivity index (χ0) is 10.8. The molecule has 0 amide bonds. The van der Waals surface area contributed by atoms with Gasteiger partial charge in [-0.3, -0.25) is 4.68 Å². The Morgan fingerprint density at radius 2 is 2.07 bits per heavy atom. The second-order valence-corrected chi connectivity index (χ2v) is 3.17. The van der Waals surface area contributed by atoms with Crippen molar-refractivity contribution in [2.75, 3.05) is 5.73 Å². The normalized spacial score (nSPS) is 10.5. The first-order valence-electron chi connectivity index (χ1n) is 4.38. The molecule has 5 heteroatoms. The zero-order valence-electron chi connectivity index (χ0n) is 7.82. The van der Waals surface area contributed by atoms with Crippen molar-refractivity contribution < 1.29 is 8.78 Å². The summed E-state index contributed by atoms with van der Waals surface area (Å²) in [6, 6.07) is 4.91. The van der Waals surface area contributed by atoms with E-state index in [4.69, 9.17) is 5.73 Å². The highest BCUT2D eigenvalue weighted by atomic mass is 19.1. The van der Waals surface area contributed by atoms with E-state index in [2.05, 4.69) is 5.10 Å². The largest absolute Gasteiger partial charge is 0.382 e. The van der Waals surface area contributed by atoms with Crippen molar-refractivity contribution in [2.24, 2.45) is 0 Å². The molecule has 1 aromatic carbocycles. The highest BCUT2D eigenvalue weighted by Crippen LogP contribution is 2.11. The van der Waals surface area contributed by atoms with Gasteiger partial charge in [-0.2, -0.15) is 5.10 Å². The van der Waals surface area contributed by atoms with Crippen molar-refractivity contribution in [1.82, 2.24) is 9.78 Å². The molecular formula is C10H9F2N3. The van der Waals surface area contributed by atoms with Gasteiger partial charge in [-0.15, -0.1) is 0 Å². The van der Waals surface area contributed by atoms with E-state index in [1.54, 1.807) is 12.3 Å². The van der Waals surface area contributed by atoms with E-state index in [1.165, 1.54) is 4.68 Å². The van der Waals surface area contributed by atoms with Gasteiger partial charge in [-0.05, 0) is 24.3 Å². The number of nitrogens with zero attached hydrogens (tertiary/aromatic N) is 2. The van der Waals surface area contributed by atoms with Gasteiger partial charge < -0.3 is 5.73 Å². The van der Waals surface area contributed by atoms with E-state index in [-0.39, 0.29) is 12.1 Å². The molecule has 0 aliphatic heterocycles. The quantitative estimate of drug-likeness (QED) is 0.819. The fourth-order valence-corrected chi connectivity index (χ4v) is 1.30. The summed E-state index contributed by atoms with van der Waals surface area (Å²) in [6.07, 6.45) is 1.61. The minimum absolute atomic E-state index is 0.167. The molecule has 78 valence electrons. The first-order valence-corrected chi connectivity index (χ1v) is 4.38. The molecule has 15 heavy (non-hydrogen) atoms. The van der Waals surface area contributed by atoms with Crippen molar-refractivity contribution in [3.63, 3.8) is 0 Å². The minimum Gasteiger partial charge on any atom is -0.382 e. The molecule has 0 aliphatic rings. The first-order chi connectivity index (χ1) is 7.15. The van der Waals surface area contributed by atoms with Gasteiger partial charge in [0, 0.05) is 11.8 Å². The highest BCUT2D eigenvalue weighted by Gasteiger charge is 2.05. The number of nitrogens with two attached hydrogens (primary N) is 1. The van der Waals surface area contributed by atoms with Crippen LogP contribution >= 0.6 is 0 Å². The lowest BCUT2D eigenvalue weighted by Gasteiger charge is -2.03. The number of halogens is 2. The van der Waals surface area contributed by atoms with Crippen LogP contribution < -0.4 is 5.73 Å². The van der Waals surface area contributed by atoms with Gasteiger partial charge in [-0.25, -0.2) is 8.78 Å². The van der Waals surface area contributed by atoms with Gasteiger partial charge in [0.1, 0.15) is 17.5 Å². The van der Waals surface area contributed by atoms with Gasteiger partial charge >= 0.3 is 0 Å². The Morgan fingerprint density at radius 1 is 1.27 bits per heavy atom. The van der Waals surface area contributed by atoms with Gasteiger partial charge in [0.2, 0.25) is 0 Å². The third kappa shape index (κ3) is 2.12. The van der Waals surface area contributed by atoms with Crippen LogP contribution in [0.5, 0.6) is 0 Å². The molecule has 0 bridgehead atoms. The van der Waals surface area contributed by atoms with E-state index in [0.29, 0.717) is 5.82 Å². The van der Waals surface area contributed by atoms with Crippen LogP contribution in [0.1, 0.15) is 5.56 Å². The summed E-state index contributed by atoms with van der Waals surface area (Å²) < 4.78 is 27.5. The monoisotopic (exact) mass is 209 g/mol. The summed E-state index contributed by atoms with van der Waals surface area (Å²) in [7, 11) is 0. The van der Waals surface area contributed by atoms with Crippen LogP contribution in [0.2, 0.25) is 0 Å². The fraction of sp³-hybridized carbons (Fsp3) is 0.100. The second-order valence-electron chi connectivity index (χ2n) is 3.17. The number of hydrogen-bond acceptors (Lipinski definition) is 2. The Morgan fingerprint density at radius 3 is 2.73 bits per heavy atom. The molecule has 0 saturated heterocycles. The predicted octanol–water partition coefficient (Wildman–Crippen LogP) is 1.79. The van der Waals surface area contributed by atoms with Gasteiger partial charge in [0.15, 0.2) is 0 Å². The molecule has 2 rings (SSSR count). The smallest absolute Gasteiger partial charge is 0.145 e. The third-order valence-electron chi connectivity index (χ3n) is 2.00. The van der Waals surface area contributed by atoms with E-state index < -0.39 is 11.6 Å². The zero-order valence-corrected chi connectivity index (χ0v) is 7.82. The molecule has 2 aromatic rings. The third-order valence-corrected chi connectivity index (χ3v) is 2.00. The Kier molecular flexibility index (Phi) is 2.37. The summed E-state index contributed by atoms with van der Waals surface area (Å²) in [5, 5.41) is 3.88. The molecule has 3 nitrogen and oxygen atoms in total. The van der Waals surface area contributed by atoms with Crippen LogP contribution in [-0.4, -0.2) is 9.78 Å².